The number of hydrogen-bond donors (Lipinski definition) is 2. The van der Waals surface area contributed by atoms with E-state index in [9.17, 15) is 23.1 Å². The average Bonchev–Trinajstić information content (AvgIpc) is 3.81. The summed E-state index contributed by atoms with van der Waals surface area (Å²) >= 11 is 0. The maximum Gasteiger partial charge on any atom is 0.417 e. The second-order valence-corrected chi connectivity index (χ2v) is 14.7. The van der Waals surface area contributed by atoms with Crippen LogP contribution < -0.4 is 10.1 Å². The third-order valence-electron chi connectivity index (χ3n) is 11.1. The number of likely N-dealkylation sites (N-methyl/N-ethyl adjacent to an activating group) is 1. The lowest BCUT2D eigenvalue weighted by Gasteiger charge is -2.57. The van der Waals surface area contributed by atoms with Crippen LogP contribution in [0.4, 0.5) is 18.9 Å². The zero-order chi connectivity index (χ0) is 33.9. The third kappa shape index (κ3) is 6.33. The number of carboxylic acids is 1. The van der Waals surface area contributed by atoms with Crippen LogP contribution in [0.15, 0.2) is 59.1 Å². The zero-order valence-corrected chi connectivity index (χ0v) is 27.5. The first-order chi connectivity index (χ1) is 23.5. The Hall–Kier alpha value is -4.25. The number of ether oxygens (including phenoxy) is 1. The van der Waals surface area contributed by atoms with E-state index in [0.29, 0.717) is 35.2 Å². The summed E-state index contributed by atoms with van der Waals surface area (Å²) in [4.78, 5) is 16.4. The van der Waals surface area contributed by atoms with Crippen LogP contribution in [0.3, 0.4) is 0 Å². The predicted molar refractivity (Wildman–Crippen MR) is 180 cm³/mol. The van der Waals surface area contributed by atoms with Gasteiger partial charge >= 0.3 is 12.1 Å². The molecule has 8 rings (SSSR count). The molecule has 3 aliphatic carbocycles. The Kier molecular flexibility index (Phi) is 8.00. The molecule has 3 saturated carbocycles. The summed E-state index contributed by atoms with van der Waals surface area (Å²) in [7, 11) is 2.10. The van der Waals surface area contributed by atoms with Crippen molar-refractivity contribution in [3.05, 3.63) is 77.1 Å². The number of nitrogens with zero attached hydrogens (tertiary/aromatic N) is 3. The maximum absolute atomic E-state index is 13.8. The van der Waals surface area contributed by atoms with Crippen LogP contribution in [0, 0.1) is 17.3 Å². The van der Waals surface area contributed by atoms with Gasteiger partial charge in [0, 0.05) is 60.2 Å². The normalized spacial score (nSPS) is 26.9. The summed E-state index contributed by atoms with van der Waals surface area (Å²) in [6, 6.07) is 10.7. The molecule has 2 aromatic carbocycles. The number of carboxylic acid groups (broad SMARTS) is 1. The molecular weight excluding hydrogens is 633 g/mol. The number of aliphatic carboxylic acids is 1. The summed E-state index contributed by atoms with van der Waals surface area (Å²) in [6.07, 6.45) is 7.70. The largest absolute Gasteiger partial charge is 0.493 e. The summed E-state index contributed by atoms with van der Waals surface area (Å²) in [5.74, 6) is 1.65. The van der Waals surface area contributed by atoms with E-state index in [-0.39, 0.29) is 17.2 Å². The van der Waals surface area contributed by atoms with Crippen LogP contribution >= 0.6 is 0 Å². The van der Waals surface area contributed by atoms with Crippen LogP contribution in [-0.2, 0) is 11.0 Å². The van der Waals surface area contributed by atoms with Gasteiger partial charge < -0.3 is 29.5 Å². The average molecular weight is 675 g/mol. The van der Waals surface area contributed by atoms with Crippen molar-refractivity contribution in [3.8, 4) is 17.0 Å². The minimum absolute atomic E-state index is 0.0587. The fourth-order valence-corrected chi connectivity index (χ4v) is 8.36. The molecule has 1 atom stereocenters. The van der Waals surface area contributed by atoms with E-state index in [0.717, 1.165) is 93.5 Å². The molecule has 11 heteroatoms. The molecule has 1 unspecified atom stereocenters. The topological polar surface area (TPSA) is 91.1 Å². The molecule has 0 amide bonds. The fourth-order valence-electron chi connectivity index (χ4n) is 8.36. The van der Waals surface area contributed by atoms with Crippen molar-refractivity contribution in [1.29, 1.82) is 0 Å². The van der Waals surface area contributed by atoms with Crippen LogP contribution in [0.2, 0.25) is 0 Å². The fraction of sp³-hybridized carbons (Fsp3) is 0.474. The molecule has 0 bridgehead atoms. The minimum atomic E-state index is -4.48. The van der Waals surface area contributed by atoms with Gasteiger partial charge in [-0.15, -0.1) is 0 Å². The van der Waals surface area contributed by atoms with Crippen molar-refractivity contribution in [1.82, 2.24) is 15.0 Å². The molecular formula is C38H41F3N4O4. The van der Waals surface area contributed by atoms with Crippen LogP contribution in [0.5, 0.6) is 5.75 Å². The minimum Gasteiger partial charge on any atom is -0.493 e. The number of aromatic nitrogens is 1. The Balaban J connectivity index is 0.886. The van der Waals surface area contributed by atoms with Gasteiger partial charge in [-0.1, -0.05) is 35.5 Å². The smallest absolute Gasteiger partial charge is 0.417 e. The zero-order valence-electron chi connectivity index (χ0n) is 27.5. The van der Waals surface area contributed by atoms with Gasteiger partial charge in [0.2, 0.25) is 0 Å². The Labute approximate surface area is 283 Å². The molecule has 0 radical (unpaired) electrons. The summed E-state index contributed by atoms with van der Waals surface area (Å²) < 4.78 is 53.4. The SMILES string of the molecule is CN1CCN(C2=CC(C(=O)O)Nc3ccc(OCC4CC5(CC(/C=C/c6c(-c7ccccc7C(F)(F)F)noc6C6CC6)C5)C4)cc32)CC1. The number of benzene rings is 2. The third-order valence-corrected chi connectivity index (χ3v) is 11.1. The molecule has 8 nitrogen and oxygen atoms in total. The first-order valence-electron chi connectivity index (χ1n) is 17.3. The number of rotatable bonds is 9. The first-order valence-corrected chi connectivity index (χ1v) is 17.3. The lowest BCUT2D eigenvalue weighted by Crippen LogP contribution is -2.48. The number of fused-ring (bicyclic) bond motifs is 1. The van der Waals surface area contributed by atoms with Crippen molar-refractivity contribution >= 4 is 23.4 Å². The van der Waals surface area contributed by atoms with Crippen LogP contribution in [0.25, 0.3) is 23.0 Å². The molecule has 1 saturated heterocycles. The maximum atomic E-state index is 13.8. The monoisotopic (exact) mass is 674 g/mol. The van der Waals surface area contributed by atoms with Gasteiger partial charge in [0.1, 0.15) is 23.2 Å². The number of nitrogens with one attached hydrogen (secondary N) is 1. The van der Waals surface area contributed by atoms with Crippen LogP contribution in [-0.4, -0.2) is 71.9 Å². The second kappa shape index (κ2) is 12.3. The highest BCUT2D eigenvalue weighted by molar-refractivity contribution is 5.90. The van der Waals surface area contributed by atoms with Gasteiger partial charge in [-0.25, -0.2) is 4.79 Å². The van der Waals surface area contributed by atoms with E-state index in [1.54, 1.807) is 6.07 Å². The molecule has 1 spiro atoms. The van der Waals surface area contributed by atoms with Crippen molar-refractivity contribution in [2.24, 2.45) is 17.3 Å². The van der Waals surface area contributed by atoms with E-state index in [1.165, 1.54) is 12.1 Å². The Morgan fingerprint density at radius 1 is 1.08 bits per heavy atom. The number of allylic oxidation sites excluding steroid dienone is 1. The highest BCUT2D eigenvalue weighted by Gasteiger charge is 2.52. The van der Waals surface area contributed by atoms with Crippen LogP contribution in [0.1, 0.15) is 66.9 Å². The van der Waals surface area contributed by atoms with Gasteiger partial charge in [0.05, 0.1) is 12.2 Å². The molecule has 2 aliphatic heterocycles. The molecule has 3 heterocycles. The molecule has 3 aromatic rings. The number of hydrogen-bond acceptors (Lipinski definition) is 7. The predicted octanol–water partition coefficient (Wildman–Crippen LogP) is 7.60. The number of halogens is 3. The van der Waals surface area contributed by atoms with Gasteiger partial charge in [-0.2, -0.15) is 13.2 Å². The second-order valence-electron chi connectivity index (χ2n) is 14.7. The molecule has 2 N–H and O–H groups in total. The van der Waals surface area contributed by atoms with Gasteiger partial charge in [-0.3, -0.25) is 0 Å². The Morgan fingerprint density at radius 3 is 2.55 bits per heavy atom. The molecule has 5 aliphatic rings. The number of carbonyl (C=O) groups is 1. The highest BCUT2D eigenvalue weighted by Crippen LogP contribution is 2.61. The molecule has 258 valence electrons. The van der Waals surface area contributed by atoms with Crippen molar-refractivity contribution < 1.29 is 32.3 Å². The molecule has 49 heavy (non-hydrogen) atoms. The summed E-state index contributed by atoms with van der Waals surface area (Å²) in [5.41, 5.74) is 3.35. The quantitative estimate of drug-likeness (QED) is 0.240. The standard InChI is InChI=1S/C38H41F3N4O4/c1-44-12-14-45(15-13-44)33-17-32(36(46)47)42-31-11-9-26(16-29(31)33)48-22-24-20-37(21-24)18-23(19-37)6-10-28-34(43-49-35(28)25-7-8-25)27-4-2-3-5-30(27)38(39,40)41/h2-6,9-11,16-17,23-25,32,42H,7-8,12-15,18-22H2,1H3,(H,46,47)/b10-6+. The lowest BCUT2D eigenvalue weighted by atomic mass is 9.48. The van der Waals surface area contributed by atoms with E-state index in [1.807, 2.05) is 30.4 Å². The van der Waals surface area contributed by atoms with E-state index < -0.39 is 23.8 Å². The summed E-state index contributed by atoms with van der Waals surface area (Å²) in [5, 5.41) is 17.0. The van der Waals surface area contributed by atoms with E-state index in [2.05, 4.69) is 33.4 Å². The molecule has 4 fully saturated rings. The van der Waals surface area contributed by atoms with Crippen molar-refractivity contribution in [3.63, 3.8) is 0 Å². The van der Waals surface area contributed by atoms with Gasteiger partial charge in [0.25, 0.3) is 0 Å². The summed E-state index contributed by atoms with van der Waals surface area (Å²) in [6.45, 7) is 4.16. The first kappa shape index (κ1) is 32.0. The van der Waals surface area contributed by atoms with Gasteiger partial charge in [0.15, 0.2) is 0 Å². The highest BCUT2D eigenvalue weighted by atomic mass is 19.4. The Bertz CT molecular complexity index is 1790. The van der Waals surface area contributed by atoms with E-state index in [4.69, 9.17) is 9.26 Å². The molecule has 1 aromatic heterocycles. The lowest BCUT2D eigenvalue weighted by molar-refractivity contribution is -0.137. The van der Waals surface area contributed by atoms with E-state index >= 15 is 0 Å². The number of alkyl halides is 3. The van der Waals surface area contributed by atoms with Crippen molar-refractivity contribution in [2.45, 2.75) is 56.7 Å². The van der Waals surface area contributed by atoms with Gasteiger partial charge in [-0.05, 0) is 93.2 Å². The number of anilines is 1. The van der Waals surface area contributed by atoms with Crippen molar-refractivity contribution in [2.75, 3.05) is 45.2 Å². The number of piperazine rings is 1. The Morgan fingerprint density at radius 2 is 1.84 bits per heavy atom.